The van der Waals surface area contributed by atoms with Crippen LogP contribution in [0, 0.1) is 5.92 Å². The number of ether oxygens (including phenoxy) is 1. The van der Waals surface area contributed by atoms with Gasteiger partial charge >= 0.3 is 0 Å². The maximum atomic E-state index is 12.7. The van der Waals surface area contributed by atoms with Crippen molar-refractivity contribution in [2.75, 3.05) is 6.61 Å². The summed E-state index contributed by atoms with van der Waals surface area (Å²) in [5.74, 6) is 0.384. The minimum atomic E-state index is -0.317. The molecular weight excluding hydrogens is 418 g/mol. The predicted octanol–water partition coefficient (Wildman–Crippen LogP) is 3.60. The number of pyridine rings is 1. The summed E-state index contributed by atoms with van der Waals surface area (Å²) in [4.78, 5) is 43.4. The summed E-state index contributed by atoms with van der Waals surface area (Å²) in [6, 6.07) is 17.4. The van der Waals surface area contributed by atoms with Gasteiger partial charge in [0.2, 0.25) is 5.88 Å². The van der Waals surface area contributed by atoms with Crippen molar-refractivity contribution in [1.82, 2.24) is 15.2 Å². The Kier molecular flexibility index (Phi) is 5.60. The summed E-state index contributed by atoms with van der Waals surface area (Å²) < 4.78 is 5.63. The van der Waals surface area contributed by atoms with Crippen molar-refractivity contribution in [2.45, 2.75) is 25.9 Å². The number of fused-ring (bicyclic) bond motifs is 1. The third-order valence-corrected chi connectivity index (χ3v) is 5.82. The molecule has 3 amide bonds. The van der Waals surface area contributed by atoms with Gasteiger partial charge < -0.3 is 10.1 Å². The number of nitrogens with zero attached hydrogens (tertiary/aromatic N) is 2. The standard InChI is InChI=1S/C26H23N3O4/c30-24(28-14-19-10-11-23(27-13-19)33-16-17-8-9-17)20-5-3-4-18(12-20)15-29-25(31)21-6-1-2-7-22(21)26(29)32/h1-7,10-13,17H,8-9,14-16H2,(H,28,30). The molecule has 1 N–H and O–H groups in total. The summed E-state index contributed by atoms with van der Waals surface area (Å²) >= 11 is 0. The fourth-order valence-corrected chi connectivity index (χ4v) is 3.75. The van der Waals surface area contributed by atoms with Crippen LogP contribution in [0.3, 0.4) is 0 Å². The van der Waals surface area contributed by atoms with Crippen LogP contribution in [0.15, 0.2) is 66.9 Å². The molecule has 2 aliphatic rings. The van der Waals surface area contributed by atoms with Crippen LogP contribution in [0.5, 0.6) is 5.88 Å². The van der Waals surface area contributed by atoms with E-state index in [1.165, 1.54) is 17.7 Å². The second-order valence-corrected chi connectivity index (χ2v) is 8.38. The minimum Gasteiger partial charge on any atom is -0.477 e. The first kappa shape index (κ1) is 20.9. The van der Waals surface area contributed by atoms with Gasteiger partial charge in [0, 0.05) is 24.4 Å². The van der Waals surface area contributed by atoms with Crippen LogP contribution in [0.1, 0.15) is 55.0 Å². The molecule has 0 radical (unpaired) electrons. The number of rotatable bonds is 8. The molecule has 2 aromatic carbocycles. The van der Waals surface area contributed by atoms with E-state index in [0.717, 1.165) is 5.56 Å². The molecule has 0 unspecified atom stereocenters. The lowest BCUT2D eigenvalue weighted by atomic mass is 10.1. The monoisotopic (exact) mass is 441 g/mol. The van der Waals surface area contributed by atoms with Gasteiger partial charge in [-0.3, -0.25) is 19.3 Å². The van der Waals surface area contributed by atoms with E-state index in [2.05, 4.69) is 10.3 Å². The van der Waals surface area contributed by atoms with Gasteiger partial charge in [-0.05, 0) is 54.2 Å². The lowest BCUT2D eigenvalue weighted by Crippen LogP contribution is -2.29. The molecule has 0 bridgehead atoms. The van der Waals surface area contributed by atoms with Gasteiger partial charge in [0.1, 0.15) is 0 Å². The molecule has 1 fully saturated rings. The molecular formula is C26H23N3O4. The van der Waals surface area contributed by atoms with Crippen molar-refractivity contribution in [2.24, 2.45) is 5.92 Å². The predicted molar refractivity (Wildman–Crippen MR) is 121 cm³/mol. The molecule has 166 valence electrons. The van der Waals surface area contributed by atoms with E-state index in [-0.39, 0.29) is 24.3 Å². The van der Waals surface area contributed by atoms with Gasteiger partial charge in [0.25, 0.3) is 17.7 Å². The number of carbonyl (C=O) groups excluding carboxylic acids is 3. The van der Waals surface area contributed by atoms with Gasteiger partial charge in [0.05, 0.1) is 24.3 Å². The number of benzene rings is 2. The van der Waals surface area contributed by atoms with Crippen molar-refractivity contribution < 1.29 is 19.1 Å². The van der Waals surface area contributed by atoms with Crippen LogP contribution in [-0.4, -0.2) is 34.2 Å². The first-order valence-corrected chi connectivity index (χ1v) is 11.0. The molecule has 7 heteroatoms. The summed E-state index contributed by atoms with van der Waals surface area (Å²) in [6.07, 6.45) is 4.15. The average molecular weight is 441 g/mol. The van der Waals surface area contributed by atoms with Crippen molar-refractivity contribution in [3.63, 3.8) is 0 Å². The van der Waals surface area contributed by atoms with Gasteiger partial charge in [-0.2, -0.15) is 0 Å². The highest BCUT2D eigenvalue weighted by Crippen LogP contribution is 2.29. The number of hydrogen-bond acceptors (Lipinski definition) is 5. The van der Waals surface area contributed by atoms with Gasteiger partial charge in [0.15, 0.2) is 0 Å². The molecule has 5 rings (SSSR count). The molecule has 1 aliphatic carbocycles. The number of aromatic nitrogens is 1. The van der Waals surface area contributed by atoms with Crippen LogP contribution < -0.4 is 10.1 Å². The molecule has 1 aliphatic heterocycles. The Balaban J connectivity index is 1.19. The first-order chi connectivity index (χ1) is 16.1. The van der Waals surface area contributed by atoms with E-state index >= 15 is 0 Å². The normalized spacial score (nSPS) is 14.8. The SMILES string of the molecule is O=C(NCc1ccc(OCC2CC2)nc1)c1cccc(CN2C(=O)c3ccccc3C2=O)c1. The second-order valence-electron chi connectivity index (χ2n) is 8.38. The maximum absolute atomic E-state index is 12.7. The highest BCUT2D eigenvalue weighted by Gasteiger charge is 2.35. The average Bonchev–Trinajstić information content (AvgIpc) is 3.66. The summed E-state index contributed by atoms with van der Waals surface area (Å²) in [7, 11) is 0. The van der Waals surface area contributed by atoms with Gasteiger partial charge in [-0.1, -0.05) is 30.3 Å². The molecule has 0 atom stereocenters. The van der Waals surface area contributed by atoms with Crippen molar-refractivity contribution in [3.05, 3.63) is 94.7 Å². The lowest BCUT2D eigenvalue weighted by Gasteiger charge is -2.14. The maximum Gasteiger partial charge on any atom is 0.261 e. The highest BCUT2D eigenvalue weighted by molar-refractivity contribution is 6.21. The molecule has 1 aromatic heterocycles. The zero-order chi connectivity index (χ0) is 22.8. The van der Waals surface area contributed by atoms with Crippen molar-refractivity contribution in [1.29, 1.82) is 0 Å². The van der Waals surface area contributed by atoms with Crippen LogP contribution in [0.2, 0.25) is 0 Å². The Morgan fingerprint density at radius 2 is 1.73 bits per heavy atom. The number of amides is 3. The lowest BCUT2D eigenvalue weighted by molar-refractivity contribution is 0.0642. The molecule has 3 aromatic rings. The first-order valence-electron chi connectivity index (χ1n) is 11.0. The quantitative estimate of drug-likeness (QED) is 0.540. The zero-order valence-corrected chi connectivity index (χ0v) is 18.0. The number of carbonyl (C=O) groups is 3. The Hall–Kier alpha value is -4.00. The van der Waals surface area contributed by atoms with E-state index < -0.39 is 0 Å². The van der Waals surface area contributed by atoms with Crippen LogP contribution >= 0.6 is 0 Å². The molecule has 1 saturated carbocycles. The Bertz CT molecular complexity index is 1180. The number of nitrogens with one attached hydrogen (secondary N) is 1. The fourth-order valence-electron chi connectivity index (χ4n) is 3.75. The number of imide groups is 1. The summed E-state index contributed by atoms with van der Waals surface area (Å²) in [5.41, 5.74) is 2.85. The summed E-state index contributed by atoms with van der Waals surface area (Å²) in [5, 5.41) is 2.88. The largest absolute Gasteiger partial charge is 0.477 e. The smallest absolute Gasteiger partial charge is 0.261 e. The highest BCUT2D eigenvalue weighted by atomic mass is 16.5. The van der Waals surface area contributed by atoms with E-state index in [4.69, 9.17) is 4.74 Å². The third-order valence-electron chi connectivity index (χ3n) is 5.82. The Labute approximate surface area is 191 Å². The van der Waals surface area contributed by atoms with E-state index in [0.29, 0.717) is 47.2 Å². The fraction of sp³-hybridized carbons (Fsp3) is 0.231. The van der Waals surface area contributed by atoms with E-state index in [9.17, 15) is 14.4 Å². The van der Waals surface area contributed by atoms with Gasteiger partial charge in [-0.25, -0.2) is 4.98 Å². The molecule has 0 spiro atoms. The number of hydrogen-bond donors (Lipinski definition) is 1. The van der Waals surface area contributed by atoms with Crippen molar-refractivity contribution in [3.8, 4) is 5.88 Å². The minimum absolute atomic E-state index is 0.111. The second kappa shape index (κ2) is 8.86. The van der Waals surface area contributed by atoms with Crippen LogP contribution in [-0.2, 0) is 13.1 Å². The van der Waals surface area contributed by atoms with E-state index in [1.54, 1.807) is 54.7 Å². The summed E-state index contributed by atoms with van der Waals surface area (Å²) in [6.45, 7) is 1.15. The third kappa shape index (κ3) is 4.62. The zero-order valence-electron chi connectivity index (χ0n) is 18.0. The van der Waals surface area contributed by atoms with Crippen LogP contribution in [0.25, 0.3) is 0 Å². The molecule has 33 heavy (non-hydrogen) atoms. The Morgan fingerprint density at radius 1 is 0.970 bits per heavy atom. The van der Waals surface area contributed by atoms with Crippen molar-refractivity contribution >= 4 is 17.7 Å². The van der Waals surface area contributed by atoms with E-state index in [1.807, 2.05) is 12.1 Å². The topological polar surface area (TPSA) is 88.6 Å². The molecule has 2 heterocycles. The van der Waals surface area contributed by atoms with Gasteiger partial charge in [-0.15, -0.1) is 0 Å². The molecule has 0 saturated heterocycles. The molecule has 7 nitrogen and oxygen atoms in total. The Morgan fingerprint density at radius 3 is 2.39 bits per heavy atom. The van der Waals surface area contributed by atoms with Crippen LogP contribution in [0.4, 0.5) is 0 Å².